The highest BCUT2D eigenvalue weighted by molar-refractivity contribution is 5.79. The number of anilines is 1. The van der Waals surface area contributed by atoms with Gasteiger partial charge in [0.1, 0.15) is 29.6 Å². The molecule has 0 spiro atoms. The largest absolute Gasteiger partial charge is 0.353 e. The third-order valence-electron chi connectivity index (χ3n) is 4.80. The molecule has 0 saturated carbocycles. The minimum absolute atomic E-state index is 0.0595. The molecule has 1 aliphatic heterocycles. The molecule has 3 heterocycles. The first-order valence-corrected chi connectivity index (χ1v) is 9.20. The van der Waals surface area contributed by atoms with Crippen LogP contribution in [0.15, 0.2) is 49.1 Å². The van der Waals surface area contributed by atoms with Gasteiger partial charge >= 0.3 is 0 Å². The molecule has 7 nitrogen and oxygen atoms in total. The van der Waals surface area contributed by atoms with Crippen LogP contribution in [0.4, 0.5) is 10.2 Å². The lowest BCUT2D eigenvalue weighted by molar-refractivity contribution is -0.130. The molecule has 2 aromatic heterocycles. The number of nitrogens with zero attached hydrogens (tertiary/aromatic N) is 6. The Balaban J connectivity index is 1.40. The first kappa shape index (κ1) is 18.1. The van der Waals surface area contributed by atoms with Crippen LogP contribution in [0.5, 0.6) is 0 Å². The molecule has 4 rings (SSSR count). The average Bonchev–Trinajstić information content (AvgIpc) is 3.24. The SMILES string of the molecule is Cc1nc(N2CCN(C(=O)Cc3ccc(F)cc3)CC2)cc(-n2ccnc2)n1. The maximum absolute atomic E-state index is 13.0. The number of carbonyl (C=O) groups excluding carboxylic acids is 1. The number of halogens is 1. The van der Waals surface area contributed by atoms with Gasteiger partial charge in [0.25, 0.3) is 0 Å². The lowest BCUT2D eigenvalue weighted by atomic mass is 10.1. The Kier molecular flexibility index (Phi) is 5.01. The zero-order valence-electron chi connectivity index (χ0n) is 15.6. The summed E-state index contributed by atoms with van der Waals surface area (Å²) in [5.41, 5.74) is 0.824. The topological polar surface area (TPSA) is 67.2 Å². The number of carbonyl (C=O) groups is 1. The van der Waals surface area contributed by atoms with Crippen molar-refractivity contribution in [2.45, 2.75) is 13.3 Å². The second-order valence-electron chi connectivity index (χ2n) is 6.77. The van der Waals surface area contributed by atoms with Crippen LogP contribution in [-0.2, 0) is 11.2 Å². The van der Waals surface area contributed by atoms with Crippen molar-refractivity contribution in [3.8, 4) is 5.82 Å². The van der Waals surface area contributed by atoms with Crippen LogP contribution in [0.1, 0.15) is 11.4 Å². The van der Waals surface area contributed by atoms with E-state index in [0.717, 1.165) is 17.2 Å². The van der Waals surface area contributed by atoms with Crippen LogP contribution in [-0.4, -0.2) is 56.5 Å². The molecule has 1 amide bonds. The van der Waals surface area contributed by atoms with Crippen LogP contribution < -0.4 is 4.90 Å². The first-order valence-electron chi connectivity index (χ1n) is 9.20. The molecule has 1 aromatic carbocycles. The van der Waals surface area contributed by atoms with E-state index in [1.807, 2.05) is 28.7 Å². The molecule has 0 bridgehead atoms. The summed E-state index contributed by atoms with van der Waals surface area (Å²) in [7, 11) is 0. The molecule has 8 heteroatoms. The average molecular weight is 380 g/mol. The number of hydrogen-bond donors (Lipinski definition) is 0. The van der Waals surface area contributed by atoms with Gasteiger partial charge < -0.3 is 9.80 Å². The van der Waals surface area contributed by atoms with Crippen molar-refractivity contribution in [2.24, 2.45) is 0 Å². The third kappa shape index (κ3) is 4.00. The molecule has 0 N–H and O–H groups in total. The lowest BCUT2D eigenvalue weighted by Crippen LogP contribution is -2.49. The summed E-state index contributed by atoms with van der Waals surface area (Å²) in [5, 5.41) is 0. The van der Waals surface area contributed by atoms with Crippen molar-refractivity contribution in [2.75, 3.05) is 31.1 Å². The van der Waals surface area contributed by atoms with Crippen molar-refractivity contribution in [3.63, 3.8) is 0 Å². The maximum atomic E-state index is 13.0. The summed E-state index contributed by atoms with van der Waals surface area (Å²) >= 11 is 0. The fraction of sp³-hybridized carbons (Fsp3) is 0.300. The number of imidazole rings is 1. The first-order chi connectivity index (χ1) is 13.6. The molecule has 1 aliphatic rings. The highest BCUT2D eigenvalue weighted by Crippen LogP contribution is 2.18. The Morgan fingerprint density at radius 3 is 2.46 bits per heavy atom. The van der Waals surface area contributed by atoms with E-state index in [9.17, 15) is 9.18 Å². The molecule has 0 radical (unpaired) electrons. The van der Waals surface area contributed by atoms with E-state index in [1.165, 1.54) is 12.1 Å². The van der Waals surface area contributed by atoms with Crippen molar-refractivity contribution in [1.82, 2.24) is 24.4 Å². The van der Waals surface area contributed by atoms with Gasteiger partial charge in [0.2, 0.25) is 5.91 Å². The number of piperazine rings is 1. The molecule has 0 atom stereocenters. The summed E-state index contributed by atoms with van der Waals surface area (Å²) in [6.45, 7) is 4.53. The fourth-order valence-corrected chi connectivity index (χ4v) is 3.30. The molecular formula is C20H21FN6O. The number of aryl methyl sites for hydroxylation is 1. The molecular weight excluding hydrogens is 359 g/mol. The number of benzene rings is 1. The quantitative estimate of drug-likeness (QED) is 0.693. The Labute approximate surface area is 162 Å². The lowest BCUT2D eigenvalue weighted by Gasteiger charge is -2.35. The molecule has 3 aromatic rings. The molecule has 144 valence electrons. The third-order valence-corrected chi connectivity index (χ3v) is 4.80. The predicted octanol–water partition coefficient (Wildman–Crippen LogP) is 2.00. The maximum Gasteiger partial charge on any atom is 0.227 e. The molecule has 0 unspecified atom stereocenters. The minimum Gasteiger partial charge on any atom is -0.353 e. The predicted molar refractivity (Wildman–Crippen MR) is 103 cm³/mol. The van der Waals surface area contributed by atoms with E-state index in [-0.39, 0.29) is 18.1 Å². The van der Waals surface area contributed by atoms with Gasteiger partial charge in [0, 0.05) is 44.6 Å². The molecule has 1 fully saturated rings. The van der Waals surface area contributed by atoms with Crippen LogP contribution in [0, 0.1) is 12.7 Å². The second kappa shape index (κ2) is 7.75. The Hall–Kier alpha value is -3.29. The van der Waals surface area contributed by atoms with E-state index in [4.69, 9.17) is 0 Å². The van der Waals surface area contributed by atoms with E-state index in [0.29, 0.717) is 32.0 Å². The van der Waals surface area contributed by atoms with Gasteiger partial charge in [-0.25, -0.2) is 19.3 Å². The zero-order valence-corrected chi connectivity index (χ0v) is 15.6. The normalized spacial score (nSPS) is 14.4. The summed E-state index contributed by atoms with van der Waals surface area (Å²) in [6, 6.07) is 8.02. The van der Waals surface area contributed by atoms with Crippen molar-refractivity contribution in [3.05, 3.63) is 66.3 Å². The fourth-order valence-electron chi connectivity index (χ4n) is 3.30. The number of rotatable bonds is 4. The molecule has 1 saturated heterocycles. The van der Waals surface area contributed by atoms with E-state index < -0.39 is 0 Å². The van der Waals surface area contributed by atoms with Crippen LogP contribution in [0.25, 0.3) is 5.82 Å². The Morgan fingerprint density at radius 1 is 1.07 bits per heavy atom. The monoisotopic (exact) mass is 380 g/mol. The van der Waals surface area contributed by atoms with Gasteiger partial charge in [-0.05, 0) is 24.6 Å². The van der Waals surface area contributed by atoms with Gasteiger partial charge in [-0.2, -0.15) is 0 Å². The second-order valence-corrected chi connectivity index (χ2v) is 6.77. The van der Waals surface area contributed by atoms with Gasteiger partial charge in [0.05, 0.1) is 6.42 Å². The molecule has 0 aliphatic carbocycles. The van der Waals surface area contributed by atoms with Gasteiger partial charge in [-0.3, -0.25) is 9.36 Å². The standard InChI is InChI=1S/C20H21FN6O/c1-15-23-18(13-19(24-15)27-7-6-22-14-27)25-8-10-26(11-9-25)20(28)12-16-2-4-17(21)5-3-16/h2-7,13-14H,8-12H2,1H3. The van der Waals surface area contributed by atoms with Gasteiger partial charge in [-0.15, -0.1) is 0 Å². The summed E-state index contributed by atoms with van der Waals surface area (Å²) in [4.78, 5) is 29.6. The van der Waals surface area contributed by atoms with Gasteiger partial charge in [-0.1, -0.05) is 12.1 Å². The Morgan fingerprint density at radius 2 is 1.79 bits per heavy atom. The molecule has 28 heavy (non-hydrogen) atoms. The Bertz CT molecular complexity index is 949. The van der Waals surface area contributed by atoms with Crippen molar-refractivity contribution in [1.29, 1.82) is 0 Å². The summed E-state index contributed by atoms with van der Waals surface area (Å²) in [6.07, 6.45) is 5.55. The summed E-state index contributed by atoms with van der Waals surface area (Å²) in [5.74, 6) is 2.08. The summed E-state index contributed by atoms with van der Waals surface area (Å²) < 4.78 is 14.9. The zero-order chi connectivity index (χ0) is 19.5. The van der Waals surface area contributed by atoms with Crippen LogP contribution in [0.3, 0.4) is 0 Å². The van der Waals surface area contributed by atoms with Crippen LogP contribution >= 0.6 is 0 Å². The van der Waals surface area contributed by atoms with Gasteiger partial charge in [0.15, 0.2) is 0 Å². The van der Waals surface area contributed by atoms with Crippen LogP contribution in [0.2, 0.25) is 0 Å². The van der Waals surface area contributed by atoms with Crippen molar-refractivity contribution >= 4 is 11.7 Å². The highest BCUT2D eigenvalue weighted by Gasteiger charge is 2.22. The highest BCUT2D eigenvalue weighted by atomic mass is 19.1. The van der Waals surface area contributed by atoms with E-state index >= 15 is 0 Å². The number of hydrogen-bond acceptors (Lipinski definition) is 5. The minimum atomic E-state index is -0.292. The smallest absolute Gasteiger partial charge is 0.227 e. The van der Waals surface area contributed by atoms with Crippen molar-refractivity contribution < 1.29 is 9.18 Å². The number of amides is 1. The number of aromatic nitrogens is 4. The van der Waals surface area contributed by atoms with E-state index in [2.05, 4.69) is 19.9 Å². The van der Waals surface area contributed by atoms with E-state index in [1.54, 1.807) is 24.7 Å².